The molecule has 1 amide bonds. The highest BCUT2D eigenvalue weighted by Crippen LogP contribution is 2.39. The van der Waals surface area contributed by atoms with Crippen LogP contribution < -0.4 is 10.9 Å². The fourth-order valence-corrected chi connectivity index (χ4v) is 4.15. The van der Waals surface area contributed by atoms with E-state index < -0.39 is 34.7 Å². The minimum absolute atomic E-state index is 0.102. The van der Waals surface area contributed by atoms with Crippen LogP contribution in [0.5, 0.6) is 5.75 Å². The number of amides is 1. The van der Waals surface area contributed by atoms with Gasteiger partial charge in [0.15, 0.2) is 5.69 Å². The van der Waals surface area contributed by atoms with E-state index >= 15 is 0 Å². The summed E-state index contributed by atoms with van der Waals surface area (Å²) in [7, 11) is 1.45. The lowest BCUT2D eigenvalue weighted by molar-refractivity contribution is 0.101. The quantitative estimate of drug-likeness (QED) is 0.333. The number of nitrogens with zero attached hydrogens (tertiary/aromatic N) is 6. The monoisotopic (exact) mass is 489 g/mol. The molecule has 0 saturated carbocycles. The zero-order valence-electron chi connectivity index (χ0n) is 19.5. The summed E-state index contributed by atoms with van der Waals surface area (Å²) < 4.78 is 7.44. The zero-order chi connectivity index (χ0) is 25.8. The minimum atomic E-state index is -0.813. The largest absolute Gasteiger partial charge is 0.501 e. The molecule has 0 spiro atoms. The fraction of sp³-hybridized carbons (Fsp3) is 0.250. The number of nitrogens with one attached hydrogen (secondary N) is 1. The molecule has 0 aliphatic heterocycles. The maximum Gasteiger partial charge on any atom is 0.296 e. The molecule has 0 unspecified atom stereocenters. The van der Waals surface area contributed by atoms with Crippen LogP contribution in [-0.2, 0) is 13.6 Å². The number of carbonyl (C=O) groups is 1. The van der Waals surface area contributed by atoms with E-state index in [1.165, 1.54) is 24.1 Å². The maximum atomic E-state index is 12.9. The lowest BCUT2D eigenvalue weighted by Crippen LogP contribution is -2.29. The van der Waals surface area contributed by atoms with Gasteiger partial charge in [0.05, 0.1) is 37.2 Å². The molecule has 0 fully saturated rings. The predicted octanol–water partition coefficient (Wildman–Crippen LogP) is 1.72. The molecule has 0 bridgehead atoms. The van der Waals surface area contributed by atoms with Gasteiger partial charge in [-0.3, -0.25) is 18.8 Å². The third kappa shape index (κ3) is 4.59. The molecule has 0 radical (unpaired) electrons. The Bertz CT molecular complexity index is 1480. The molecular weight excluding hydrogens is 466 g/mol. The molecule has 12 heteroatoms. The Balaban J connectivity index is 1.85. The van der Waals surface area contributed by atoms with Crippen molar-refractivity contribution in [1.29, 1.82) is 5.26 Å². The van der Waals surface area contributed by atoms with Crippen LogP contribution in [0.25, 0.3) is 0 Å². The summed E-state index contributed by atoms with van der Waals surface area (Å²) in [4.78, 5) is 30.1. The van der Waals surface area contributed by atoms with Gasteiger partial charge in [-0.05, 0) is 17.2 Å². The number of hydrogen-bond donors (Lipinski definition) is 3. The standard InChI is InChI=1S/C24H23N7O5/c1-14(19(16-10-26-31(12-16)7-8-32)18-6-4-3-5-15(18)9-25)22-29-20(21(33)24(35)30(22)2)23(34)28-17-11-27-36-13-17/h3-6,10-14,19,32-33H,7-8H2,1-2H3,(H,28,34)/t14-,19+/m0/s1. The molecule has 0 aliphatic carbocycles. The van der Waals surface area contributed by atoms with Gasteiger partial charge in [0.1, 0.15) is 17.8 Å². The third-order valence-corrected chi connectivity index (χ3v) is 5.87. The lowest BCUT2D eigenvalue weighted by atomic mass is 9.80. The number of aliphatic hydroxyl groups is 1. The van der Waals surface area contributed by atoms with Crippen molar-refractivity contribution in [1.82, 2.24) is 24.5 Å². The Kier molecular flexibility index (Phi) is 6.93. The van der Waals surface area contributed by atoms with Gasteiger partial charge in [0, 0.05) is 25.1 Å². The number of hydrogen-bond acceptors (Lipinski definition) is 9. The maximum absolute atomic E-state index is 12.9. The number of benzene rings is 1. The molecule has 3 aromatic heterocycles. The van der Waals surface area contributed by atoms with E-state index in [1.54, 1.807) is 41.3 Å². The van der Waals surface area contributed by atoms with Crippen molar-refractivity contribution in [3.05, 3.63) is 87.7 Å². The molecule has 3 N–H and O–H groups in total. The molecule has 4 rings (SSSR count). The first-order valence-corrected chi connectivity index (χ1v) is 11.0. The summed E-state index contributed by atoms with van der Waals surface area (Å²) in [5.41, 5.74) is 0.799. The zero-order valence-corrected chi connectivity index (χ0v) is 19.5. The highest BCUT2D eigenvalue weighted by Gasteiger charge is 2.31. The molecule has 184 valence electrons. The topological polar surface area (TPSA) is 172 Å². The molecule has 3 heterocycles. The van der Waals surface area contributed by atoms with Gasteiger partial charge in [-0.2, -0.15) is 10.4 Å². The lowest BCUT2D eigenvalue weighted by Gasteiger charge is -2.26. The Morgan fingerprint density at radius 1 is 1.31 bits per heavy atom. The van der Waals surface area contributed by atoms with E-state index in [4.69, 9.17) is 4.52 Å². The first-order valence-electron chi connectivity index (χ1n) is 11.0. The number of carbonyl (C=O) groups excluding carboxylic acids is 1. The number of aromatic nitrogens is 5. The average molecular weight is 489 g/mol. The molecule has 1 aromatic carbocycles. The summed E-state index contributed by atoms with van der Waals surface area (Å²) in [6.45, 7) is 1.99. The fourth-order valence-electron chi connectivity index (χ4n) is 4.15. The second-order valence-electron chi connectivity index (χ2n) is 8.12. The summed E-state index contributed by atoms with van der Waals surface area (Å²) >= 11 is 0. The second kappa shape index (κ2) is 10.2. The first-order chi connectivity index (χ1) is 17.3. The molecule has 36 heavy (non-hydrogen) atoms. The van der Waals surface area contributed by atoms with E-state index in [1.807, 2.05) is 6.92 Å². The Morgan fingerprint density at radius 2 is 2.08 bits per heavy atom. The number of anilines is 1. The molecule has 2 atom stereocenters. The van der Waals surface area contributed by atoms with Crippen LogP contribution in [0.2, 0.25) is 0 Å². The number of aromatic hydroxyl groups is 1. The van der Waals surface area contributed by atoms with E-state index in [-0.39, 0.29) is 24.7 Å². The van der Waals surface area contributed by atoms with Crippen LogP contribution in [0, 0.1) is 11.3 Å². The normalized spacial score (nSPS) is 12.6. The summed E-state index contributed by atoms with van der Waals surface area (Å²) in [5, 5.41) is 39.7. The van der Waals surface area contributed by atoms with Gasteiger partial charge in [0.25, 0.3) is 11.5 Å². The first kappa shape index (κ1) is 24.4. The molecule has 4 aromatic rings. The highest BCUT2D eigenvalue weighted by molar-refractivity contribution is 6.04. The average Bonchev–Trinajstić information content (AvgIpc) is 3.56. The van der Waals surface area contributed by atoms with Crippen molar-refractivity contribution in [2.24, 2.45) is 7.05 Å². The Morgan fingerprint density at radius 3 is 2.78 bits per heavy atom. The van der Waals surface area contributed by atoms with Gasteiger partial charge in [0.2, 0.25) is 5.75 Å². The van der Waals surface area contributed by atoms with Crippen LogP contribution in [0.3, 0.4) is 0 Å². The molecule has 0 saturated heterocycles. The SMILES string of the molecule is C[C@H](c1nc(C(=O)Nc2cnoc2)c(O)c(=O)n1C)[C@H](c1cnn(CCO)c1)c1ccccc1C#N. The van der Waals surface area contributed by atoms with Gasteiger partial charge < -0.3 is 20.1 Å². The van der Waals surface area contributed by atoms with Crippen LogP contribution in [-0.4, -0.2) is 47.2 Å². The summed E-state index contributed by atoms with van der Waals surface area (Å²) in [5.74, 6) is -2.45. The number of rotatable bonds is 8. The van der Waals surface area contributed by atoms with E-state index in [0.29, 0.717) is 11.1 Å². The van der Waals surface area contributed by atoms with Gasteiger partial charge in [-0.15, -0.1) is 0 Å². The van der Waals surface area contributed by atoms with Crippen molar-refractivity contribution in [2.75, 3.05) is 11.9 Å². The molecule has 12 nitrogen and oxygen atoms in total. The third-order valence-electron chi connectivity index (χ3n) is 5.87. The number of nitriles is 1. The van der Waals surface area contributed by atoms with Crippen LogP contribution in [0.15, 0.2) is 58.4 Å². The van der Waals surface area contributed by atoms with E-state index in [2.05, 4.69) is 26.6 Å². The van der Waals surface area contributed by atoms with Crippen molar-refractivity contribution >= 4 is 11.6 Å². The van der Waals surface area contributed by atoms with Crippen molar-refractivity contribution in [3.63, 3.8) is 0 Å². The van der Waals surface area contributed by atoms with Crippen molar-refractivity contribution in [2.45, 2.75) is 25.3 Å². The van der Waals surface area contributed by atoms with Crippen LogP contribution >= 0.6 is 0 Å². The summed E-state index contributed by atoms with van der Waals surface area (Å²) in [6, 6.07) is 9.25. The number of aliphatic hydroxyl groups excluding tert-OH is 1. The summed E-state index contributed by atoms with van der Waals surface area (Å²) in [6.07, 6.45) is 5.84. The van der Waals surface area contributed by atoms with Gasteiger partial charge >= 0.3 is 0 Å². The van der Waals surface area contributed by atoms with Crippen LogP contribution in [0.4, 0.5) is 5.69 Å². The smallest absolute Gasteiger partial charge is 0.296 e. The molecular formula is C24H23N7O5. The van der Waals surface area contributed by atoms with E-state index in [9.17, 15) is 25.1 Å². The molecule has 0 aliphatic rings. The predicted molar refractivity (Wildman–Crippen MR) is 126 cm³/mol. The van der Waals surface area contributed by atoms with Crippen molar-refractivity contribution in [3.8, 4) is 11.8 Å². The Hall–Kier alpha value is -4.76. The highest BCUT2D eigenvalue weighted by atomic mass is 16.5. The van der Waals surface area contributed by atoms with Gasteiger partial charge in [-0.1, -0.05) is 30.3 Å². The Labute approximate surface area is 205 Å². The van der Waals surface area contributed by atoms with Crippen molar-refractivity contribution < 1.29 is 19.5 Å². The van der Waals surface area contributed by atoms with Gasteiger partial charge in [-0.25, -0.2) is 4.98 Å². The minimum Gasteiger partial charge on any atom is -0.501 e. The van der Waals surface area contributed by atoms with Crippen LogP contribution in [0.1, 0.15) is 51.8 Å². The second-order valence-corrected chi connectivity index (χ2v) is 8.12. The van der Waals surface area contributed by atoms with E-state index in [0.717, 1.165) is 5.56 Å².